The number of nitrogens with one attached hydrogen (secondary N) is 2. The number of hydrogen-bond donors (Lipinski definition) is 2. The van der Waals surface area contributed by atoms with Crippen molar-refractivity contribution >= 4 is 6.03 Å². The van der Waals surface area contributed by atoms with Gasteiger partial charge in [0, 0.05) is 13.1 Å². The number of hydrogen-bond acceptors (Lipinski definition) is 1. The van der Waals surface area contributed by atoms with Crippen LogP contribution in [0.3, 0.4) is 0 Å². The summed E-state index contributed by atoms with van der Waals surface area (Å²) >= 11 is 0. The van der Waals surface area contributed by atoms with Crippen molar-refractivity contribution in [2.75, 3.05) is 13.1 Å². The highest BCUT2D eigenvalue weighted by Gasteiger charge is 2.08. The maximum Gasteiger partial charge on any atom is 0.314 e. The summed E-state index contributed by atoms with van der Waals surface area (Å²) in [6, 6.07) is -0.00190. The Morgan fingerprint density at radius 3 is 1.75 bits per heavy atom. The molecule has 94 valence electrons. The third-order valence-corrected chi connectivity index (χ3v) is 3.37. The van der Waals surface area contributed by atoms with Gasteiger partial charge in [0.1, 0.15) is 0 Å². The molecule has 2 atom stereocenters. The fraction of sp³-hybridized carbons (Fsp3) is 0.923. The summed E-state index contributed by atoms with van der Waals surface area (Å²) in [7, 11) is 0. The standard InChI is InChI=1S/C13H26N2O/c1-11-7-5-3-4-6-8-12(2)10-15-13(16)14-9-11/h11-12H,3-10H2,1-2H3,(H2,14,15,16). The lowest BCUT2D eigenvalue weighted by Gasteiger charge is -2.14. The maximum absolute atomic E-state index is 11.5. The largest absolute Gasteiger partial charge is 0.338 e. The van der Waals surface area contributed by atoms with Crippen LogP contribution < -0.4 is 10.6 Å². The topological polar surface area (TPSA) is 41.1 Å². The van der Waals surface area contributed by atoms with Crippen LogP contribution in [0.2, 0.25) is 0 Å². The van der Waals surface area contributed by atoms with Gasteiger partial charge in [-0.1, -0.05) is 39.5 Å². The Morgan fingerprint density at radius 2 is 1.31 bits per heavy atom. The van der Waals surface area contributed by atoms with E-state index in [1.54, 1.807) is 0 Å². The molecule has 1 saturated heterocycles. The van der Waals surface area contributed by atoms with Gasteiger partial charge in [0.2, 0.25) is 0 Å². The Labute approximate surface area is 99.4 Å². The first-order valence-electron chi connectivity index (χ1n) is 6.70. The molecule has 0 spiro atoms. The van der Waals surface area contributed by atoms with Crippen molar-refractivity contribution in [1.82, 2.24) is 10.6 Å². The van der Waals surface area contributed by atoms with Gasteiger partial charge < -0.3 is 10.6 Å². The van der Waals surface area contributed by atoms with E-state index in [1.807, 2.05) is 0 Å². The minimum atomic E-state index is -0.00190. The average molecular weight is 226 g/mol. The molecule has 0 aromatic heterocycles. The van der Waals surface area contributed by atoms with E-state index in [2.05, 4.69) is 24.5 Å². The lowest BCUT2D eigenvalue weighted by Crippen LogP contribution is -2.39. The molecule has 1 aliphatic heterocycles. The lowest BCUT2D eigenvalue weighted by molar-refractivity contribution is 0.237. The van der Waals surface area contributed by atoms with Crippen LogP contribution in [0, 0.1) is 11.8 Å². The van der Waals surface area contributed by atoms with E-state index in [9.17, 15) is 4.79 Å². The SMILES string of the molecule is CC1CCCCCCC(C)CNC(=O)NC1. The Balaban J connectivity index is 2.34. The molecular formula is C13H26N2O. The van der Waals surface area contributed by atoms with Crippen LogP contribution in [0.5, 0.6) is 0 Å². The molecular weight excluding hydrogens is 200 g/mol. The first-order valence-corrected chi connectivity index (χ1v) is 6.70. The molecule has 1 fully saturated rings. The molecule has 3 heteroatoms. The minimum absolute atomic E-state index is 0.00190. The zero-order valence-electron chi connectivity index (χ0n) is 10.7. The Kier molecular flexibility index (Phi) is 6.27. The second-order valence-corrected chi connectivity index (χ2v) is 5.29. The summed E-state index contributed by atoms with van der Waals surface area (Å²) < 4.78 is 0. The summed E-state index contributed by atoms with van der Waals surface area (Å²) in [5.41, 5.74) is 0. The summed E-state index contributed by atoms with van der Waals surface area (Å²) in [6.07, 6.45) is 7.76. The molecule has 0 aromatic carbocycles. The zero-order chi connectivity index (χ0) is 11.8. The first kappa shape index (κ1) is 13.3. The van der Waals surface area contributed by atoms with E-state index in [4.69, 9.17) is 0 Å². The minimum Gasteiger partial charge on any atom is -0.338 e. The molecule has 0 aromatic rings. The number of carbonyl (C=O) groups excluding carboxylic acids is 1. The molecule has 0 radical (unpaired) electrons. The smallest absolute Gasteiger partial charge is 0.314 e. The molecule has 1 heterocycles. The predicted octanol–water partition coefficient (Wildman–Crippen LogP) is 2.91. The molecule has 3 nitrogen and oxygen atoms in total. The van der Waals surface area contributed by atoms with E-state index < -0.39 is 0 Å². The maximum atomic E-state index is 11.5. The molecule has 1 rings (SSSR count). The average Bonchev–Trinajstić information content (AvgIpc) is 2.28. The number of urea groups is 1. The number of carbonyl (C=O) groups is 1. The third kappa shape index (κ3) is 5.99. The summed E-state index contributed by atoms with van der Waals surface area (Å²) in [4.78, 5) is 11.5. The van der Waals surface area contributed by atoms with Crippen molar-refractivity contribution in [2.45, 2.75) is 52.4 Å². The van der Waals surface area contributed by atoms with E-state index in [-0.39, 0.29) is 6.03 Å². The third-order valence-electron chi connectivity index (χ3n) is 3.37. The normalized spacial score (nSPS) is 30.2. The van der Waals surface area contributed by atoms with Gasteiger partial charge in [0.15, 0.2) is 0 Å². The van der Waals surface area contributed by atoms with Crippen molar-refractivity contribution in [3.05, 3.63) is 0 Å². The molecule has 1 aliphatic rings. The van der Waals surface area contributed by atoms with Crippen LogP contribution in [-0.2, 0) is 0 Å². The highest BCUT2D eigenvalue weighted by Crippen LogP contribution is 2.13. The zero-order valence-corrected chi connectivity index (χ0v) is 10.7. The van der Waals surface area contributed by atoms with Crippen molar-refractivity contribution in [3.63, 3.8) is 0 Å². The van der Waals surface area contributed by atoms with E-state index in [1.165, 1.54) is 38.5 Å². The molecule has 2 N–H and O–H groups in total. The van der Waals surface area contributed by atoms with E-state index in [0.717, 1.165) is 13.1 Å². The van der Waals surface area contributed by atoms with E-state index >= 15 is 0 Å². The Bertz CT molecular complexity index is 186. The van der Waals surface area contributed by atoms with Crippen LogP contribution in [0.15, 0.2) is 0 Å². The number of amides is 2. The van der Waals surface area contributed by atoms with Crippen LogP contribution >= 0.6 is 0 Å². The molecule has 0 saturated carbocycles. The van der Waals surface area contributed by atoms with Gasteiger partial charge in [0.05, 0.1) is 0 Å². The van der Waals surface area contributed by atoms with Gasteiger partial charge in [-0.15, -0.1) is 0 Å². The van der Waals surface area contributed by atoms with Gasteiger partial charge in [-0.3, -0.25) is 0 Å². The van der Waals surface area contributed by atoms with Crippen molar-refractivity contribution in [1.29, 1.82) is 0 Å². The predicted molar refractivity (Wildman–Crippen MR) is 67.4 cm³/mol. The summed E-state index contributed by atoms with van der Waals surface area (Å²) in [5, 5.41) is 5.88. The van der Waals surface area contributed by atoms with Crippen LogP contribution in [0.4, 0.5) is 4.79 Å². The van der Waals surface area contributed by atoms with Gasteiger partial charge in [-0.2, -0.15) is 0 Å². The summed E-state index contributed by atoms with van der Waals surface area (Å²) in [6.45, 7) is 6.03. The van der Waals surface area contributed by atoms with Crippen molar-refractivity contribution in [2.24, 2.45) is 11.8 Å². The molecule has 2 unspecified atom stereocenters. The van der Waals surface area contributed by atoms with Crippen LogP contribution in [0.1, 0.15) is 52.4 Å². The van der Waals surface area contributed by atoms with Gasteiger partial charge in [0.25, 0.3) is 0 Å². The molecule has 16 heavy (non-hydrogen) atoms. The fourth-order valence-corrected chi connectivity index (χ4v) is 2.14. The second-order valence-electron chi connectivity index (χ2n) is 5.29. The van der Waals surface area contributed by atoms with Crippen LogP contribution in [0.25, 0.3) is 0 Å². The monoisotopic (exact) mass is 226 g/mol. The quantitative estimate of drug-likeness (QED) is 0.655. The Morgan fingerprint density at radius 1 is 0.875 bits per heavy atom. The Hall–Kier alpha value is -0.730. The fourth-order valence-electron chi connectivity index (χ4n) is 2.14. The van der Waals surface area contributed by atoms with E-state index in [0.29, 0.717) is 11.8 Å². The van der Waals surface area contributed by atoms with Gasteiger partial charge >= 0.3 is 6.03 Å². The van der Waals surface area contributed by atoms with Gasteiger partial charge in [-0.05, 0) is 24.7 Å². The highest BCUT2D eigenvalue weighted by atomic mass is 16.2. The van der Waals surface area contributed by atoms with Gasteiger partial charge in [-0.25, -0.2) is 4.79 Å². The highest BCUT2D eigenvalue weighted by molar-refractivity contribution is 5.73. The molecule has 0 aliphatic carbocycles. The van der Waals surface area contributed by atoms with Crippen molar-refractivity contribution < 1.29 is 4.79 Å². The molecule has 0 bridgehead atoms. The first-order chi connectivity index (χ1) is 7.68. The van der Waals surface area contributed by atoms with Crippen LogP contribution in [-0.4, -0.2) is 19.1 Å². The van der Waals surface area contributed by atoms with Crippen molar-refractivity contribution in [3.8, 4) is 0 Å². The lowest BCUT2D eigenvalue weighted by atomic mass is 10.00. The summed E-state index contributed by atoms with van der Waals surface area (Å²) in [5.74, 6) is 1.20. The number of rotatable bonds is 0. The second kappa shape index (κ2) is 7.53. The molecule has 2 amide bonds.